The molecule has 0 saturated carbocycles. The summed E-state index contributed by atoms with van der Waals surface area (Å²) in [7, 11) is 1.87. The van der Waals surface area contributed by atoms with Gasteiger partial charge in [-0.1, -0.05) is 12.1 Å². The number of amides is 1. The average Bonchev–Trinajstić information content (AvgIpc) is 2.40. The molecule has 3 nitrogen and oxygen atoms in total. The largest absolute Gasteiger partial charge is 0.349 e. The van der Waals surface area contributed by atoms with Crippen molar-refractivity contribution in [2.75, 3.05) is 19.3 Å². The summed E-state index contributed by atoms with van der Waals surface area (Å²) in [5, 5.41) is 6.03. The topological polar surface area (TPSA) is 41.1 Å². The molecule has 104 valence electrons. The predicted molar refractivity (Wildman–Crippen MR) is 75.8 cm³/mol. The van der Waals surface area contributed by atoms with Crippen LogP contribution in [0.1, 0.15) is 30.9 Å². The van der Waals surface area contributed by atoms with E-state index < -0.39 is 0 Å². The van der Waals surface area contributed by atoms with Crippen molar-refractivity contribution in [3.63, 3.8) is 0 Å². The minimum absolute atomic E-state index is 0.0439. The molecule has 0 bridgehead atoms. The lowest BCUT2D eigenvalue weighted by Crippen LogP contribution is -2.31. The van der Waals surface area contributed by atoms with Gasteiger partial charge in [0, 0.05) is 17.1 Å². The van der Waals surface area contributed by atoms with E-state index in [0.717, 1.165) is 30.7 Å². The zero-order valence-electron chi connectivity index (χ0n) is 11.0. The minimum atomic E-state index is -0.184. The fourth-order valence-electron chi connectivity index (χ4n) is 2.23. The molecule has 1 aromatic rings. The average molecular weight is 282 g/mol. The van der Waals surface area contributed by atoms with E-state index in [0.29, 0.717) is 11.3 Å². The number of halogens is 1. The first-order chi connectivity index (χ1) is 9.22. The highest BCUT2D eigenvalue weighted by molar-refractivity contribution is 7.99. The number of hydrogen-bond acceptors (Lipinski definition) is 3. The maximum atomic E-state index is 13.7. The van der Waals surface area contributed by atoms with E-state index in [-0.39, 0.29) is 17.8 Å². The molecule has 0 aliphatic carbocycles. The molecular formula is C14H19FN2OS. The second-order valence-corrected chi connectivity index (χ2v) is 5.73. The highest BCUT2D eigenvalue weighted by Crippen LogP contribution is 2.37. The molecule has 19 heavy (non-hydrogen) atoms. The van der Waals surface area contributed by atoms with Crippen molar-refractivity contribution >= 4 is 17.7 Å². The molecule has 0 saturated heterocycles. The molecule has 2 rings (SSSR count). The third kappa shape index (κ3) is 3.70. The van der Waals surface area contributed by atoms with Gasteiger partial charge in [0.15, 0.2) is 0 Å². The Morgan fingerprint density at radius 2 is 2.37 bits per heavy atom. The van der Waals surface area contributed by atoms with Crippen LogP contribution in [0.15, 0.2) is 23.1 Å². The summed E-state index contributed by atoms with van der Waals surface area (Å²) in [5.41, 5.74) is 0.915. The Kier molecular flexibility index (Phi) is 5.22. The van der Waals surface area contributed by atoms with Gasteiger partial charge in [0.1, 0.15) is 5.82 Å². The Balaban J connectivity index is 1.99. The molecule has 1 amide bonds. The van der Waals surface area contributed by atoms with Gasteiger partial charge in [0.05, 0.1) is 6.04 Å². The highest BCUT2D eigenvalue weighted by atomic mass is 32.2. The second-order valence-electron chi connectivity index (χ2n) is 4.62. The molecule has 1 aliphatic rings. The van der Waals surface area contributed by atoms with Crippen LogP contribution >= 0.6 is 11.8 Å². The molecule has 0 aromatic heterocycles. The summed E-state index contributed by atoms with van der Waals surface area (Å²) in [6.45, 7) is 0.832. The fraction of sp³-hybridized carbons (Fsp3) is 0.500. The fourth-order valence-corrected chi connectivity index (χ4v) is 3.37. The van der Waals surface area contributed by atoms with Gasteiger partial charge in [-0.3, -0.25) is 4.79 Å². The van der Waals surface area contributed by atoms with Crippen molar-refractivity contribution in [2.45, 2.75) is 30.2 Å². The third-order valence-corrected chi connectivity index (χ3v) is 4.35. The Bertz CT molecular complexity index is 453. The van der Waals surface area contributed by atoms with Crippen LogP contribution < -0.4 is 10.6 Å². The molecule has 5 heteroatoms. The lowest BCUT2D eigenvalue weighted by Gasteiger charge is -2.26. The van der Waals surface area contributed by atoms with Crippen molar-refractivity contribution < 1.29 is 9.18 Å². The zero-order chi connectivity index (χ0) is 13.7. The first kappa shape index (κ1) is 14.3. The van der Waals surface area contributed by atoms with Crippen LogP contribution in [0.2, 0.25) is 0 Å². The van der Waals surface area contributed by atoms with Gasteiger partial charge < -0.3 is 10.6 Å². The van der Waals surface area contributed by atoms with Crippen molar-refractivity contribution in [2.24, 2.45) is 0 Å². The number of thioether (sulfide) groups is 1. The third-order valence-electron chi connectivity index (χ3n) is 3.19. The lowest BCUT2D eigenvalue weighted by atomic mass is 10.0. The van der Waals surface area contributed by atoms with Crippen molar-refractivity contribution in [1.29, 1.82) is 0 Å². The number of carbonyl (C=O) groups is 1. The smallest absolute Gasteiger partial charge is 0.220 e. The van der Waals surface area contributed by atoms with Crippen LogP contribution in [0.25, 0.3) is 0 Å². The molecule has 0 radical (unpaired) electrons. The molecular weight excluding hydrogens is 263 g/mol. The van der Waals surface area contributed by atoms with Crippen LogP contribution in [-0.2, 0) is 4.79 Å². The summed E-state index contributed by atoms with van der Waals surface area (Å²) in [6.07, 6.45) is 2.19. The zero-order valence-corrected chi connectivity index (χ0v) is 11.9. The van der Waals surface area contributed by atoms with Gasteiger partial charge in [0.2, 0.25) is 5.91 Å². The van der Waals surface area contributed by atoms with Crippen LogP contribution in [0, 0.1) is 5.82 Å². The van der Waals surface area contributed by atoms with Crippen LogP contribution in [0.4, 0.5) is 4.39 Å². The molecule has 1 heterocycles. The summed E-state index contributed by atoms with van der Waals surface area (Å²) in [5.74, 6) is 0.703. The second kappa shape index (κ2) is 6.91. The van der Waals surface area contributed by atoms with Gasteiger partial charge in [0.25, 0.3) is 0 Å². The van der Waals surface area contributed by atoms with Gasteiger partial charge in [-0.2, -0.15) is 0 Å². The van der Waals surface area contributed by atoms with Crippen molar-refractivity contribution in [3.05, 3.63) is 29.6 Å². The predicted octanol–water partition coefficient (Wildman–Crippen LogP) is 2.48. The molecule has 1 aromatic carbocycles. The molecule has 1 atom stereocenters. The molecule has 1 aliphatic heterocycles. The van der Waals surface area contributed by atoms with E-state index in [4.69, 9.17) is 0 Å². The molecule has 1 unspecified atom stereocenters. The maximum absolute atomic E-state index is 13.7. The van der Waals surface area contributed by atoms with Gasteiger partial charge >= 0.3 is 0 Å². The molecule has 0 spiro atoms. The quantitative estimate of drug-likeness (QED) is 0.815. The summed E-state index contributed by atoms with van der Waals surface area (Å²) < 4.78 is 13.7. The van der Waals surface area contributed by atoms with Gasteiger partial charge in [-0.25, -0.2) is 4.39 Å². The lowest BCUT2D eigenvalue weighted by molar-refractivity contribution is -0.122. The number of carbonyl (C=O) groups excluding carboxylic acids is 1. The summed E-state index contributed by atoms with van der Waals surface area (Å²) in [6, 6.07) is 5.04. The number of nitrogens with one attached hydrogen (secondary N) is 2. The van der Waals surface area contributed by atoms with E-state index in [1.165, 1.54) is 17.8 Å². The normalized spacial score (nSPS) is 17.9. The maximum Gasteiger partial charge on any atom is 0.220 e. The van der Waals surface area contributed by atoms with E-state index in [1.807, 2.05) is 13.1 Å². The minimum Gasteiger partial charge on any atom is -0.349 e. The van der Waals surface area contributed by atoms with Crippen LogP contribution in [-0.4, -0.2) is 25.3 Å². The number of fused-ring (bicyclic) bond motifs is 1. The number of benzene rings is 1. The Morgan fingerprint density at radius 1 is 1.53 bits per heavy atom. The standard InChI is InChI=1S/C14H19FN2OS/c1-16-8-3-6-13(18)17-12-7-9-19-14-10(12)4-2-5-11(14)15/h2,4-5,12,16H,3,6-9H2,1H3,(H,17,18). The van der Waals surface area contributed by atoms with Crippen molar-refractivity contribution in [3.8, 4) is 0 Å². The van der Waals surface area contributed by atoms with E-state index >= 15 is 0 Å². The van der Waals surface area contributed by atoms with Crippen LogP contribution in [0.5, 0.6) is 0 Å². The number of rotatable bonds is 5. The monoisotopic (exact) mass is 282 g/mol. The Morgan fingerprint density at radius 3 is 3.16 bits per heavy atom. The first-order valence-electron chi connectivity index (χ1n) is 6.57. The Labute approximate surface area is 117 Å². The highest BCUT2D eigenvalue weighted by Gasteiger charge is 2.24. The molecule has 0 fully saturated rings. The number of hydrogen-bond donors (Lipinski definition) is 2. The van der Waals surface area contributed by atoms with Crippen LogP contribution in [0.3, 0.4) is 0 Å². The summed E-state index contributed by atoms with van der Waals surface area (Å²) >= 11 is 1.53. The summed E-state index contributed by atoms with van der Waals surface area (Å²) in [4.78, 5) is 12.5. The van der Waals surface area contributed by atoms with E-state index in [2.05, 4.69) is 10.6 Å². The SMILES string of the molecule is CNCCCC(=O)NC1CCSc2c(F)cccc21. The van der Waals surface area contributed by atoms with Crippen molar-refractivity contribution in [1.82, 2.24) is 10.6 Å². The van der Waals surface area contributed by atoms with Gasteiger partial charge in [-0.05, 0) is 38.1 Å². The Hall–Kier alpha value is -1.07. The first-order valence-corrected chi connectivity index (χ1v) is 7.56. The molecule has 2 N–H and O–H groups in total. The van der Waals surface area contributed by atoms with Gasteiger partial charge in [-0.15, -0.1) is 11.8 Å². The van der Waals surface area contributed by atoms with E-state index in [1.54, 1.807) is 6.07 Å². The van der Waals surface area contributed by atoms with E-state index in [9.17, 15) is 9.18 Å².